The molecule has 0 saturated carbocycles. The van der Waals surface area contributed by atoms with E-state index in [9.17, 15) is 8.78 Å². The van der Waals surface area contributed by atoms with E-state index in [-0.39, 0.29) is 11.8 Å². The van der Waals surface area contributed by atoms with E-state index in [0.29, 0.717) is 0 Å². The number of aromatic nitrogens is 1. The SMILES string of the molecule is FC(F)Oc1ccc2c(c1)CC(Nc1cccnc1)C2. The first-order valence-corrected chi connectivity index (χ1v) is 6.44. The largest absolute Gasteiger partial charge is 0.435 e. The summed E-state index contributed by atoms with van der Waals surface area (Å²) in [5.74, 6) is 0.223. The molecule has 1 aromatic carbocycles. The molecule has 0 radical (unpaired) electrons. The van der Waals surface area contributed by atoms with E-state index in [1.807, 2.05) is 18.2 Å². The van der Waals surface area contributed by atoms with Crippen LogP contribution in [0.2, 0.25) is 0 Å². The van der Waals surface area contributed by atoms with Gasteiger partial charge in [0, 0.05) is 18.4 Å². The third-order valence-electron chi connectivity index (χ3n) is 3.37. The van der Waals surface area contributed by atoms with Crippen molar-refractivity contribution in [1.29, 1.82) is 0 Å². The summed E-state index contributed by atoms with van der Waals surface area (Å²) in [7, 11) is 0. The highest BCUT2D eigenvalue weighted by Crippen LogP contribution is 2.28. The van der Waals surface area contributed by atoms with Crippen LogP contribution in [0.1, 0.15) is 11.1 Å². The van der Waals surface area contributed by atoms with E-state index in [1.54, 1.807) is 24.5 Å². The molecule has 0 fully saturated rings. The van der Waals surface area contributed by atoms with Gasteiger partial charge in [-0.05, 0) is 48.2 Å². The fraction of sp³-hybridized carbons (Fsp3) is 0.267. The lowest BCUT2D eigenvalue weighted by Gasteiger charge is -2.12. The van der Waals surface area contributed by atoms with Crippen LogP contribution in [0.25, 0.3) is 0 Å². The van der Waals surface area contributed by atoms with E-state index in [0.717, 1.165) is 24.1 Å². The molecule has 0 amide bonds. The number of ether oxygens (including phenoxy) is 1. The lowest BCUT2D eigenvalue weighted by Crippen LogP contribution is -2.19. The lowest BCUT2D eigenvalue weighted by atomic mass is 10.1. The maximum Gasteiger partial charge on any atom is 0.387 e. The van der Waals surface area contributed by atoms with E-state index in [2.05, 4.69) is 15.0 Å². The minimum absolute atomic E-state index is 0.223. The van der Waals surface area contributed by atoms with Gasteiger partial charge in [0.05, 0.1) is 5.69 Å². The maximum absolute atomic E-state index is 12.2. The minimum Gasteiger partial charge on any atom is -0.435 e. The van der Waals surface area contributed by atoms with Crippen molar-refractivity contribution in [3.8, 4) is 5.75 Å². The van der Waals surface area contributed by atoms with Gasteiger partial charge in [-0.1, -0.05) is 6.07 Å². The Kier molecular flexibility index (Phi) is 3.50. The number of alkyl halides is 2. The summed E-state index contributed by atoms with van der Waals surface area (Å²) in [6, 6.07) is 9.25. The first-order chi connectivity index (χ1) is 9.70. The number of hydrogen-bond donors (Lipinski definition) is 1. The van der Waals surface area contributed by atoms with E-state index < -0.39 is 6.61 Å². The van der Waals surface area contributed by atoms with Gasteiger partial charge in [-0.2, -0.15) is 8.78 Å². The Hall–Kier alpha value is -2.17. The van der Waals surface area contributed by atoms with Gasteiger partial charge in [-0.15, -0.1) is 0 Å². The number of anilines is 1. The molecular formula is C15H14F2N2O. The van der Waals surface area contributed by atoms with Crippen LogP contribution in [0.15, 0.2) is 42.7 Å². The summed E-state index contributed by atoms with van der Waals surface area (Å²) >= 11 is 0. The second kappa shape index (κ2) is 5.45. The molecule has 20 heavy (non-hydrogen) atoms. The van der Waals surface area contributed by atoms with Gasteiger partial charge >= 0.3 is 6.61 Å². The average Bonchev–Trinajstić information content (AvgIpc) is 2.80. The fourth-order valence-electron chi connectivity index (χ4n) is 2.56. The Morgan fingerprint density at radius 1 is 1.20 bits per heavy atom. The van der Waals surface area contributed by atoms with Crippen LogP contribution in [-0.4, -0.2) is 17.6 Å². The average molecular weight is 276 g/mol. The van der Waals surface area contributed by atoms with Crippen LogP contribution in [0, 0.1) is 0 Å². The van der Waals surface area contributed by atoms with Crippen molar-refractivity contribution >= 4 is 5.69 Å². The summed E-state index contributed by atoms with van der Waals surface area (Å²) in [6.45, 7) is -2.78. The van der Waals surface area contributed by atoms with E-state index in [4.69, 9.17) is 0 Å². The third-order valence-corrected chi connectivity index (χ3v) is 3.37. The van der Waals surface area contributed by atoms with Crippen LogP contribution in [0.4, 0.5) is 14.5 Å². The van der Waals surface area contributed by atoms with Crippen molar-refractivity contribution in [3.05, 3.63) is 53.9 Å². The van der Waals surface area contributed by atoms with Crippen molar-refractivity contribution < 1.29 is 13.5 Å². The summed E-state index contributed by atoms with van der Waals surface area (Å²) in [5, 5.41) is 3.40. The zero-order valence-corrected chi connectivity index (χ0v) is 10.7. The van der Waals surface area contributed by atoms with Crippen molar-refractivity contribution in [3.63, 3.8) is 0 Å². The van der Waals surface area contributed by atoms with Crippen molar-refractivity contribution in [2.75, 3.05) is 5.32 Å². The highest BCUT2D eigenvalue weighted by atomic mass is 19.3. The standard InChI is InChI=1S/C15H14F2N2O/c16-15(17)20-14-4-3-10-6-13(7-11(10)8-14)19-12-2-1-5-18-9-12/h1-5,8-9,13,15,19H,6-7H2. The number of rotatable bonds is 4. The summed E-state index contributed by atoms with van der Waals surface area (Å²) in [5.41, 5.74) is 3.20. The third kappa shape index (κ3) is 2.87. The molecule has 3 nitrogen and oxygen atoms in total. The van der Waals surface area contributed by atoms with Crippen LogP contribution < -0.4 is 10.1 Å². The Morgan fingerprint density at radius 3 is 2.80 bits per heavy atom. The Morgan fingerprint density at radius 2 is 2.05 bits per heavy atom. The van der Waals surface area contributed by atoms with Gasteiger partial charge < -0.3 is 10.1 Å². The molecule has 1 aromatic heterocycles. The minimum atomic E-state index is -2.78. The van der Waals surface area contributed by atoms with Crippen LogP contribution in [0.5, 0.6) is 5.75 Å². The smallest absolute Gasteiger partial charge is 0.387 e. The van der Waals surface area contributed by atoms with Gasteiger partial charge in [-0.3, -0.25) is 4.98 Å². The number of nitrogens with one attached hydrogen (secondary N) is 1. The molecule has 0 aliphatic heterocycles. The molecule has 0 bridgehead atoms. The molecule has 1 N–H and O–H groups in total. The highest BCUT2D eigenvalue weighted by molar-refractivity contribution is 5.46. The molecule has 0 spiro atoms. The summed E-state index contributed by atoms with van der Waals surface area (Å²) in [4.78, 5) is 4.06. The quantitative estimate of drug-likeness (QED) is 0.930. The first-order valence-electron chi connectivity index (χ1n) is 6.44. The van der Waals surface area contributed by atoms with Gasteiger partial charge in [0.15, 0.2) is 0 Å². The predicted molar refractivity (Wildman–Crippen MR) is 72.1 cm³/mol. The molecule has 0 saturated heterocycles. The van der Waals surface area contributed by atoms with E-state index in [1.165, 1.54) is 5.56 Å². The zero-order valence-electron chi connectivity index (χ0n) is 10.7. The molecule has 2 aromatic rings. The maximum atomic E-state index is 12.2. The van der Waals surface area contributed by atoms with E-state index >= 15 is 0 Å². The van der Waals surface area contributed by atoms with Crippen molar-refractivity contribution in [1.82, 2.24) is 4.98 Å². The predicted octanol–water partition coefficient (Wildman–Crippen LogP) is 3.26. The topological polar surface area (TPSA) is 34.1 Å². The summed E-state index contributed by atoms with van der Waals surface area (Å²) in [6.07, 6.45) is 5.17. The summed E-state index contributed by atoms with van der Waals surface area (Å²) < 4.78 is 28.8. The molecule has 104 valence electrons. The number of pyridine rings is 1. The molecule has 3 rings (SSSR count). The van der Waals surface area contributed by atoms with Gasteiger partial charge in [0.1, 0.15) is 5.75 Å². The van der Waals surface area contributed by atoms with Crippen molar-refractivity contribution in [2.24, 2.45) is 0 Å². The van der Waals surface area contributed by atoms with Crippen LogP contribution in [0.3, 0.4) is 0 Å². The Balaban J connectivity index is 1.69. The fourth-order valence-corrected chi connectivity index (χ4v) is 2.56. The number of halogens is 2. The monoisotopic (exact) mass is 276 g/mol. The second-order valence-electron chi connectivity index (χ2n) is 4.80. The number of fused-ring (bicyclic) bond motifs is 1. The number of hydrogen-bond acceptors (Lipinski definition) is 3. The van der Waals surface area contributed by atoms with Crippen molar-refractivity contribution in [2.45, 2.75) is 25.5 Å². The van der Waals surface area contributed by atoms with Crippen LogP contribution >= 0.6 is 0 Å². The van der Waals surface area contributed by atoms with Crippen LogP contribution in [-0.2, 0) is 12.8 Å². The molecule has 1 heterocycles. The zero-order chi connectivity index (χ0) is 13.9. The normalized spacial score (nSPS) is 17.1. The van der Waals surface area contributed by atoms with Gasteiger partial charge in [0.25, 0.3) is 0 Å². The molecule has 1 aliphatic rings. The van der Waals surface area contributed by atoms with Gasteiger partial charge in [0.2, 0.25) is 0 Å². The second-order valence-corrected chi connectivity index (χ2v) is 4.80. The molecular weight excluding hydrogens is 262 g/mol. The van der Waals surface area contributed by atoms with Gasteiger partial charge in [-0.25, -0.2) is 0 Å². The Labute approximate surface area is 115 Å². The Bertz CT molecular complexity index is 590. The molecule has 1 unspecified atom stereocenters. The lowest BCUT2D eigenvalue weighted by molar-refractivity contribution is -0.0498. The highest BCUT2D eigenvalue weighted by Gasteiger charge is 2.22. The number of nitrogens with zero attached hydrogens (tertiary/aromatic N) is 1. The number of benzene rings is 1. The molecule has 5 heteroatoms. The first kappa shape index (κ1) is 12.8. The molecule has 1 atom stereocenters. The molecule has 1 aliphatic carbocycles.